The van der Waals surface area contributed by atoms with Crippen molar-refractivity contribution in [1.82, 2.24) is 5.32 Å². The highest BCUT2D eigenvalue weighted by molar-refractivity contribution is 5.85. The van der Waals surface area contributed by atoms with E-state index in [2.05, 4.69) is 17.6 Å². The van der Waals surface area contributed by atoms with Crippen LogP contribution in [0.1, 0.15) is 51.5 Å². The van der Waals surface area contributed by atoms with Crippen molar-refractivity contribution in [3.05, 3.63) is 54.1 Å². The van der Waals surface area contributed by atoms with Gasteiger partial charge in [-0.15, -0.1) is 0 Å². The molecule has 218 valence electrons. The number of amides is 2. The maximum absolute atomic E-state index is 13.0. The Kier molecular flexibility index (Phi) is 9.26. The molecule has 6 unspecified atom stereocenters. The molecule has 0 aliphatic heterocycles. The van der Waals surface area contributed by atoms with E-state index in [9.17, 15) is 19.8 Å². The average molecular weight is 555 g/mol. The molecule has 9 heteroatoms. The first-order valence-corrected chi connectivity index (χ1v) is 13.9. The van der Waals surface area contributed by atoms with E-state index >= 15 is 0 Å². The van der Waals surface area contributed by atoms with Crippen LogP contribution in [-0.4, -0.2) is 55.2 Å². The van der Waals surface area contributed by atoms with E-state index in [4.69, 9.17) is 14.2 Å². The van der Waals surface area contributed by atoms with Gasteiger partial charge in [-0.2, -0.15) is 0 Å². The fraction of sp³-hybridized carbons (Fsp3) is 0.548. The number of ether oxygens (including phenoxy) is 3. The second-order valence-electron chi connectivity index (χ2n) is 11.6. The Hall–Kier alpha value is -3.30. The van der Waals surface area contributed by atoms with Crippen molar-refractivity contribution in [3.63, 3.8) is 0 Å². The first kappa shape index (κ1) is 29.7. The van der Waals surface area contributed by atoms with E-state index in [0.717, 1.165) is 11.3 Å². The number of fused-ring (bicyclic) bond motifs is 1. The molecule has 40 heavy (non-hydrogen) atoms. The van der Waals surface area contributed by atoms with Crippen LogP contribution in [0.5, 0.6) is 11.5 Å². The molecule has 2 saturated carbocycles. The summed E-state index contributed by atoms with van der Waals surface area (Å²) in [5.74, 6) is 0.925. The van der Waals surface area contributed by atoms with Gasteiger partial charge in [-0.25, -0.2) is 4.79 Å². The van der Waals surface area contributed by atoms with Crippen LogP contribution in [0.2, 0.25) is 0 Å². The second-order valence-corrected chi connectivity index (χ2v) is 11.6. The summed E-state index contributed by atoms with van der Waals surface area (Å²) >= 11 is 0. The van der Waals surface area contributed by atoms with Crippen molar-refractivity contribution in [3.8, 4) is 11.5 Å². The summed E-state index contributed by atoms with van der Waals surface area (Å²) in [4.78, 5) is 25.9. The summed E-state index contributed by atoms with van der Waals surface area (Å²) in [7, 11) is 3.17. The first-order valence-electron chi connectivity index (χ1n) is 13.9. The van der Waals surface area contributed by atoms with Crippen molar-refractivity contribution in [2.75, 3.05) is 26.1 Å². The summed E-state index contributed by atoms with van der Waals surface area (Å²) < 4.78 is 16.3. The highest BCUT2D eigenvalue weighted by Crippen LogP contribution is 2.61. The van der Waals surface area contributed by atoms with Gasteiger partial charge in [0.2, 0.25) is 5.91 Å². The molecule has 0 aromatic heterocycles. The number of benzene rings is 2. The van der Waals surface area contributed by atoms with Gasteiger partial charge in [-0.3, -0.25) is 10.1 Å². The van der Waals surface area contributed by atoms with E-state index in [0.29, 0.717) is 43.7 Å². The molecule has 2 fully saturated rings. The lowest BCUT2D eigenvalue weighted by Gasteiger charge is -2.60. The molecule has 4 rings (SSSR count). The molecular weight excluding hydrogens is 512 g/mol. The number of anilines is 1. The molecule has 0 heterocycles. The Morgan fingerprint density at radius 2 is 1.73 bits per heavy atom. The Labute approximate surface area is 236 Å². The van der Waals surface area contributed by atoms with Crippen LogP contribution in [0, 0.1) is 22.7 Å². The molecule has 4 N–H and O–H groups in total. The second kappa shape index (κ2) is 12.5. The molecule has 2 amide bonds. The van der Waals surface area contributed by atoms with Gasteiger partial charge in [0, 0.05) is 30.1 Å². The third kappa shape index (κ3) is 6.20. The summed E-state index contributed by atoms with van der Waals surface area (Å²) in [5, 5.41) is 27.5. The molecule has 6 atom stereocenters. The number of nitrogens with one attached hydrogen (secondary N) is 2. The van der Waals surface area contributed by atoms with Crippen molar-refractivity contribution in [1.29, 1.82) is 0 Å². The number of rotatable bonds is 9. The average Bonchev–Trinajstić information content (AvgIpc) is 2.95. The van der Waals surface area contributed by atoms with E-state index in [1.165, 1.54) is 0 Å². The lowest BCUT2D eigenvalue weighted by atomic mass is 9.46. The zero-order chi connectivity index (χ0) is 28.9. The zero-order valence-corrected chi connectivity index (χ0v) is 23.8. The number of carbonyl (C=O) groups excluding carboxylic acids is 2. The van der Waals surface area contributed by atoms with E-state index in [-0.39, 0.29) is 30.8 Å². The van der Waals surface area contributed by atoms with Gasteiger partial charge in [0.1, 0.15) is 17.6 Å². The Morgan fingerprint density at radius 3 is 2.40 bits per heavy atom. The van der Waals surface area contributed by atoms with Gasteiger partial charge < -0.3 is 29.7 Å². The van der Waals surface area contributed by atoms with Gasteiger partial charge in [0.25, 0.3) is 0 Å². The van der Waals surface area contributed by atoms with E-state index in [1.807, 2.05) is 31.2 Å². The number of hydrogen-bond donors (Lipinski definition) is 4. The molecule has 2 aliphatic carbocycles. The van der Waals surface area contributed by atoms with Gasteiger partial charge in [-0.05, 0) is 72.8 Å². The number of hydrogen-bond acceptors (Lipinski definition) is 7. The SMILES string of the molecule is COc1ccc(CNC(=O)CC2C(O)CCC3C(C)(CO)C(OC(=O)Nc4cccc(OC)c4)CCC23C)cc1. The number of aliphatic hydroxyl groups excluding tert-OH is 2. The number of aliphatic hydroxyl groups is 2. The van der Waals surface area contributed by atoms with E-state index < -0.39 is 29.1 Å². The Bertz CT molecular complexity index is 1170. The largest absolute Gasteiger partial charge is 0.497 e. The lowest BCUT2D eigenvalue weighted by molar-refractivity contribution is -0.185. The maximum Gasteiger partial charge on any atom is 0.411 e. The van der Waals surface area contributed by atoms with Gasteiger partial charge in [0.05, 0.1) is 26.9 Å². The molecule has 2 aromatic carbocycles. The van der Waals surface area contributed by atoms with E-state index in [1.54, 1.807) is 38.5 Å². The molecule has 2 aromatic rings. The number of carbonyl (C=O) groups is 2. The van der Waals surface area contributed by atoms with Gasteiger partial charge in [0.15, 0.2) is 0 Å². The predicted molar refractivity (Wildman–Crippen MR) is 151 cm³/mol. The monoisotopic (exact) mass is 554 g/mol. The van der Waals surface area contributed by atoms with Gasteiger partial charge >= 0.3 is 6.09 Å². The Balaban J connectivity index is 1.43. The summed E-state index contributed by atoms with van der Waals surface area (Å²) in [6, 6.07) is 14.5. The van der Waals surface area contributed by atoms with Crippen LogP contribution in [-0.2, 0) is 16.1 Å². The topological polar surface area (TPSA) is 126 Å². The minimum absolute atomic E-state index is 0.0452. The molecule has 0 bridgehead atoms. The summed E-state index contributed by atoms with van der Waals surface area (Å²) in [5.41, 5.74) is 0.379. The van der Waals surface area contributed by atoms with Crippen LogP contribution in [0.15, 0.2) is 48.5 Å². The standard InChI is InChI=1S/C31H42N2O7/c1-30-15-14-27(40-29(37)33-21-6-5-7-23(16-21)39-4)31(2,19-34)26(30)13-12-25(35)24(30)17-28(36)32-18-20-8-10-22(38-3)11-9-20/h5-11,16,24-27,34-35H,12-15,17-19H2,1-4H3,(H,32,36)(H,33,37). The summed E-state index contributed by atoms with van der Waals surface area (Å²) in [6.07, 6.45) is 0.848. The highest BCUT2D eigenvalue weighted by atomic mass is 16.6. The molecule has 0 radical (unpaired) electrons. The molecular formula is C31H42N2O7. The van der Waals surface area contributed by atoms with Crippen LogP contribution < -0.4 is 20.1 Å². The van der Waals surface area contributed by atoms with Crippen LogP contribution in [0.3, 0.4) is 0 Å². The zero-order valence-electron chi connectivity index (χ0n) is 23.8. The third-order valence-corrected chi connectivity index (χ3v) is 9.30. The first-order chi connectivity index (χ1) is 19.1. The molecule has 9 nitrogen and oxygen atoms in total. The fourth-order valence-electron chi connectivity index (χ4n) is 6.97. The minimum atomic E-state index is -0.726. The minimum Gasteiger partial charge on any atom is -0.497 e. The Morgan fingerprint density at radius 1 is 1.00 bits per heavy atom. The predicted octanol–water partition coefficient (Wildman–Crippen LogP) is 4.51. The van der Waals surface area contributed by atoms with Crippen molar-refractivity contribution in [2.24, 2.45) is 22.7 Å². The quantitative estimate of drug-likeness (QED) is 0.359. The highest BCUT2D eigenvalue weighted by Gasteiger charge is 2.60. The van der Waals surface area contributed by atoms with Crippen LogP contribution in [0.25, 0.3) is 0 Å². The third-order valence-electron chi connectivity index (χ3n) is 9.30. The van der Waals surface area contributed by atoms with Crippen molar-refractivity contribution < 1.29 is 34.0 Å². The molecule has 0 saturated heterocycles. The molecule has 0 spiro atoms. The number of methoxy groups -OCH3 is 2. The smallest absolute Gasteiger partial charge is 0.411 e. The molecule has 2 aliphatic rings. The fourth-order valence-corrected chi connectivity index (χ4v) is 6.97. The maximum atomic E-state index is 13.0. The van der Waals surface area contributed by atoms with Crippen molar-refractivity contribution in [2.45, 2.75) is 64.7 Å². The van der Waals surface area contributed by atoms with Crippen LogP contribution in [0.4, 0.5) is 10.5 Å². The normalized spacial score (nSPS) is 29.6. The lowest BCUT2D eigenvalue weighted by Crippen LogP contribution is -2.61. The van der Waals surface area contributed by atoms with Gasteiger partial charge in [-0.1, -0.05) is 32.0 Å². The summed E-state index contributed by atoms with van der Waals surface area (Å²) in [6.45, 7) is 4.29. The van der Waals surface area contributed by atoms with Crippen LogP contribution >= 0.6 is 0 Å². The van der Waals surface area contributed by atoms with Crippen molar-refractivity contribution >= 4 is 17.7 Å².